The van der Waals surface area contributed by atoms with Crippen molar-refractivity contribution in [2.24, 2.45) is 0 Å². The molecule has 1 fully saturated rings. The predicted octanol–water partition coefficient (Wildman–Crippen LogP) is 2.17. The highest BCUT2D eigenvalue weighted by molar-refractivity contribution is 5.95. The molecule has 132 valence electrons. The third-order valence-corrected chi connectivity index (χ3v) is 4.09. The zero-order chi connectivity index (χ0) is 17.8. The average molecular weight is 346 g/mol. The number of rotatable bonds is 4. The van der Waals surface area contributed by atoms with Crippen molar-refractivity contribution in [1.29, 1.82) is 0 Å². The van der Waals surface area contributed by atoms with Gasteiger partial charge in [0.05, 0.1) is 32.3 Å². The van der Waals surface area contributed by atoms with E-state index in [1.807, 2.05) is 0 Å². The summed E-state index contributed by atoms with van der Waals surface area (Å²) in [5, 5.41) is 0.626. The van der Waals surface area contributed by atoms with Gasteiger partial charge in [-0.3, -0.25) is 9.59 Å². The fourth-order valence-corrected chi connectivity index (χ4v) is 2.88. The van der Waals surface area contributed by atoms with Gasteiger partial charge in [-0.2, -0.15) is 0 Å². The van der Waals surface area contributed by atoms with Gasteiger partial charge in [-0.15, -0.1) is 0 Å². The van der Waals surface area contributed by atoms with E-state index in [4.69, 9.17) is 9.47 Å². The van der Waals surface area contributed by atoms with Crippen molar-refractivity contribution >= 4 is 22.8 Å². The van der Waals surface area contributed by atoms with Gasteiger partial charge in [0.1, 0.15) is 17.0 Å². The van der Waals surface area contributed by atoms with Gasteiger partial charge in [-0.05, 0) is 19.1 Å². The molecule has 1 atom stereocenters. The summed E-state index contributed by atoms with van der Waals surface area (Å²) < 4.78 is 24.3. The number of amides is 1. The third kappa shape index (κ3) is 3.76. The van der Waals surface area contributed by atoms with Gasteiger partial charge in [0, 0.05) is 11.9 Å². The lowest BCUT2D eigenvalue weighted by Gasteiger charge is -2.34. The van der Waals surface area contributed by atoms with Crippen LogP contribution in [-0.4, -0.2) is 54.2 Å². The third-order valence-electron chi connectivity index (χ3n) is 4.09. The largest absolute Gasteiger partial charge is 0.466 e. The number of hydrogen-bond donors (Lipinski definition) is 0. The predicted molar refractivity (Wildman–Crippen MR) is 88.6 cm³/mol. The zero-order valence-electron chi connectivity index (χ0n) is 13.9. The molecule has 1 aliphatic heterocycles. The number of benzene rings is 1. The number of fused-ring (bicyclic) bond motifs is 1. The van der Waals surface area contributed by atoms with Crippen molar-refractivity contribution in [3.05, 3.63) is 41.8 Å². The molecule has 7 heteroatoms. The van der Waals surface area contributed by atoms with Crippen molar-refractivity contribution in [3.8, 4) is 0 Å². The average Bonchev–Trinajstić information content (AvgIpc) is 2.62. The standard InChI is InChI=1S/C18H19FN2O4/c1-2-25-16(22)10-13-11-24-9-8-21(13)18(23)15-7-6-12-4-3-5-14(19)17(12)20-15/h3-7,13H,2,8-11H2,1H3/t13-/m0/s1. The van der Waals surface area contributed by atoms with Gasteiger partial charge >= 0.3 is 5.97 Å². The minimum absolute atomic E-state index is 0.0571. The second-order valence-corrected chi connectivity index (χ2v) is 5.74. The van der Waals surface area contributed by atoms with E-state index in [-0.39, 0.29) is 42.7 Å². The number of carbonyl (C=O) groups excluding carboxylic acids is 2. The Labute approximate surface area is 144 Å². The van der Waals surface area contributed by atoms with Gasteiger partial charge in [-0.1, -0.05) is 18.2 Å². The normalized spacial score (nSPS) is 17.5. The molecule has 2 aromatic rings. The van der Waals surface area contributed by atoms with Crippen molar-refractivity contribution in [2.75, 3.05) is 26.4 Å². The van der Waals surface area contributed by atoms with Crippen LogP contribution in [0.1, 0.15) is 23.8 Å². The van der Waals surface area contributed by atoms with Crippen LogP contribution in [0.4, 0.5) is 4.39 Å². The molecule has 0 saturated carbocycles. The Balaban J connectivity index is 1.84. The summed E-state index contributed by atoms with van der Waals surface area (Å²) in [6.45, 7) is 3.00. The highest BCUT2D eigenvalue weighted by Gasteiger charge is 2.31. The number of carbonyl (C=O) groups is 2. The molecule has 1 aliphatic rings. The van der Waals surface area contributed by atoms with E-state index < -0.39 is 11.9 Å². The molecule has 1 saturated heterocycles. The molecule has 6 nitrogen and oxygen atoms in total. The van der Waals surface area contributed by atoms with Gasteiger partial charge in [0.2, 0.25) is 0 Å². The number of ether oxygens (including phenoxy) is 2. The van der Waals surface area contributed by atoms with E-state index in [9.17, 15) is 14.0 Å². The number of nitrogens with zero attached hydrogens (tertiary/aromatic N) is 2. The Morgan fingerprint density at radius 2 is 2.20 bits per heavy atom. The van der Waals surface area contributed by atoms with E-state index in [1.54, 1.807) is 36.1 Å². The fourth-order valence-electron chi connectivity index (χ4n) is 2.88. The summed E-state index contributed by atoms with van der Waals surface area (Å²) in [5.41, 5.74) is 0.303. The van der Waals surface area contributed by atoms with Crippen LogP contribution in [0.15, 0.2) is 30.3 Å². The highest BCUT2D eigenvalue weighted by Crippen LogP contribution is 2.19. The van der Waals surface area contributed by atoms with Gasteiger partial charge in [-0.25, -0.2) is 9.37 Å². The molecule has 0 spiro atoms. The minimum atomic E-state index is -0.475. The maximum absolute atomic E-state index is 13.9. The monoisotopic (exact) mass is 346 g/mol. The van der Waals surface area contributed by atoms with Crippen LogP contribution in [-0.2, 0) is 14.3 Å². The quantitative estimate of drug-likeness (QED) is 0.794. The number of hydrogen-bond acceptors (Lipinski definition) is 5. The molecule has 0 unspecified atom stereocenters. The number of halogens is 1. The maximum Gasteiger partial charge on any atom is 0.307 e. The molecule has 1 aromatic heterocycles. The summed E-state index contributed by atoms with van der Waals surface area (Å²) in [5.74, 6) is -1.20. The molecule has 0 bridgehead atoms. The number of aromatic nitrogens is 1. The maximum atomic E-state index is 13.9. The van der Waals surface area contributed by atoms with Crippen molar-refractivity contribution in [1.82, 2.24) is 9.88 Å². The lowest BCUT2D eigenvalue weighted by Crippen LogP contribution is -2.49. The Hall–Kier alpha value is -2.54. The van der Waals surface area contributed by atoms with Gasteiger partial charge in [0.25, 0.3) is 5.91 Å². The SMILES string of the molecule is CCOC(=O)C[C@H]1COCCN1C(=O)c1ccc2cccc(F)c2n1. The molecule has 1 amide bonds. The van der Waals surface area contributed by atoms with Crippen LogP contribution in [0.3, 0.4) is 0 Å². The van der Waals surface area contributed by atoms with Crippen LogP contribution in [0.2, 0.25) is 0 Å². The van der Waals surface area contributed by atoms with E-state index in [0.717, 1.165) is 0 Å². The van der Waals surface area contributed by atoms with Crippen LogP contribution in [0.25, 0.3) is 10.9 Å². The summed E-state index contributed by atoms with van der Waals surface area (Å²) in [6.07, 6.45) is 0.0571. The molecule has 3 rings (SSSR count). The Bertz CT molecular complexity index is 796. The van der Waals surface area contributed by atoms with Crippen LogP contribution >= 0.6 is 0 Å². The van der Waals surface area contributed by atoms with Gasteiger partial charge < -0.3 is 14.4 Å². The summed E-state index contributed by atoms with van der Waals surface area (Å²) in [4.78, 5) is 30.3. The second-order valence-electron chi connectivity index (χ2n) is 5.74. The molecule has 2 heterocycles. The first-order valence-electron chi connectivity index (χ1n) is 8.19. The summed E-state index contributed by atoms with van der Waals surface area (Å²) in [7, 11) is 0. The van der Waals surface area contributed by atoms with Crippen molar-refractivity contribution in [3.63, 3.8) is 0 Å². The molecule has 0 radical (unpaired) electrons. The topological polar surface area (TPSA) is 68.7 Å². The van der Waals surface area contributed by atoms with Crippen molar-refractivity contribution in [2.45, 2.75) is 19.4 Å². The Morgan fingerprint density at radius 3 is 3.00 bits per heavy atom. The lowest BCUT2D eigenvalue weighted by molar-refractivity contribution is -0.145. The van der Waals surface area contributed by atoms with Crippen LogP contribution in [0.5, 0.6) is 0 Å². The number of esters is 1. The molecule has 0 aliphatic carbocycles. The second kappa shape index (κ2) is 7.57. The fraction of sp³-hybridized carbons (Fsp3) is 0.389. The Kier molecular flexibility index (Phi) is 5.23. The van der Waals surface area contributed by atoms with Crippen LogP contribution in [0, 0.1) is 5.82 Å². The number of morpholine rings is 1. The van der Waals surface area contributed by atoms with E-state index >= 15 is 0 Å². The van der Waals surface area contributed by atoms with Crippen LogP contribution < -0.4 is 0 Å². The Morgan fingerprint density at radius 1 is 1.36 bits per heavy atom. The first kappa shape index (κ1) is 17.3. The minimum Gasteiger partial charge on any atom is -0.466 e. The molecular formula is C18H19FN2O4. The van der Waals surface area contributed by atoms with E-state index in [2.05, 4.69) is 4.98 Å². The zero-order valence-corrected chi connectivity index (χ0v) is 13.9. The first-order valence-corrected chi connectivity index (χ1v) is 8.19. The molecule has 25 heavy (non-hydrogen) atoms. The smallest absolute Gasteiger partial charge is 0.307 e. The summed E-state index contributed by atoms with van der Waals surface area (Å²) >= 11 is 0. The first-order chi connectivity index (χ1) is 12.1. The molecule has 1 aromatic carbocycles. The van der Waals surface area contributed by atoms with E-state index in [0.29, 0.717) is 18.5 Å². The van der Waals surface area contributed by atoms with Crippen molar-refractivity contribution < 1.29 is 23.5 Å². The molecular weight excluding hydrogens is 327 g/mol. The van der Waals surface area contributed by atoms with E-state index in [1.165, 1.54) is 6.07 Å². The molecule has 0 N–H and O–H groups in total. The summed E-state index contributed by atoms with van der Waals surface area (Å²) in [6, 6.07) is 7.46. The number of pyridine rings is 1. The highest BCUT2D eigenvalue weighted by atomic mass is 19.1. The number of para-hydroxylation sites is 1. The lowest BCUT2D eigenvalue weighted by atomic mass is 10.1. The van der Waals surface area contributed by atoms with Gasteiger partial charge in [0.15, 0.2) is 0 Å².